The van der Waals surface area contributed by atoms with Gasteiger partial charge < -0.3 is 19.7 Å². The van der Waals surface area contributed by atoms with Crippen LogP contribution >= 0.6 is 0 Å². The number of aliphatic imine (C=N–C) groups is 2. The van der Waals surface area contributed by atoms with Gasteiger partial charge in [-0.05, 0) is 84.6 Å². The highest BCUT2D eigenvalue weighted by Crippen LogP contribution is 2.29. The van der Waals surface area contributed by atoms with Crippen molar-refractivity contribution in [3.8, 4) is 23.0 Å². The summed E-state index contributed by atoms with van der Waals surface area (Å²) in [6, 6.07) is 25.8. The summed E-state index contributed by atoms with van der Waals surface area (Å²) in [7, 11) is 3.23. The van der Waals surface area contributed by atoms with E-state index in [0.717, 1.165) is 39.6 Å². The van der Waals surface area contributed by atoms with E-state index >= 15 is 0 Å². The third kappa shape index (κ3) is 6.68. The van der Waals surface area contributed by atoms with Gasteiger partial charge in [-0.15, -0.1) is 0 Å². The summed E-state index contributed by atoms with van der Waals surface area (Å²) in [4.78, 5) is 8.91. The van der Waals surface area contributed by atoms with Gasteiger partial charge in [0, 0.05) is 23.6 Å². The molecule has 0 aromatic heterocycles. The molecule has 4 rings (SSSR count). The largest absolute Gasteiger partial charge is 0.507 e. The second-order valence-corrected chi connectivity index (χ2v) is 8.73. The van der Waals surface area contributed by atoms with Crippen LogP contribution in [0.5, 0.6) is 23.0 Å². The first-order valence-electron chi connectivity index (χ1n) is 12.1. The molecule has 4 aromatic rings. The van der Waals surface area contributed by atoms with Crippen LogP contribution in [0.3, 0.4) is 0 Å². The maximum atomic E-state index is 10.8. The minimum atomic E-state index is 0.163. The maximum Gasteiger partial charge on any atom is 0.127 e. The Bertz CT molecular complexity index is 1350. The fraction of sp³-hybridized carbons (Fsp3) is 0.125. The Morgan fingerprint density at radius 2 is 1.05 bits per heavy atom. The lowest BCUT2D eigenvalue weighted by Gasteiger charge is -2.12. The fourth-order valence-electron chi connectivity index (χ4n) is 3.94. The van der Waals surface area contributed by atoms with Gasteiger partial charge in [-0.2, -0.15) is 0 Å². The number of para-hydroxylation sites is 2. The summed E-state index contributed by atoms with van der Waals surface area (Å²) < 4.78 is 10.3. The molecule has 0 aliphatic rings. The Balaban J connectivity index is 1.43. The summed E-state index contributed by atoms with van der Waals surface area (Å²) in [6.07, 6.45) is 4.20. The van der Waals surface area contributed by atoms with Crippen molar-refractivity contribution in [2.24, 2.45) is 9.98 Å². The molecule has 0 aliphatic heterocycles. The van der Waals surface area contributed by atoms with Crippen LogP contribution in [0.15, 0.2) is 107 Å². The normalized spacial score (nSPS) is 11.2. The molecule has 0 radical (unpaired) electrons. The Labute approximate surface area is 222 Å². The van der Waals surface area contributed by atoms with E-state index in [1.165, 1.54) is 0 Å². The topological polar surface area (TPSA) is 83.6 Å². The lowest BCUT2D eigenvalue weighted by molar-refractivity contribution is 0.415. The van der Waals surface area contributed by atoms with Crippen LogP contribution in [0, 0.1) is 0 Å². The zero-order valence-electron chi connectivity index (χ0n) is 21.5. The van der Waals surface area contributed by atoms with E-state index in [-0.39, 0.29) is 11.5 Å². The zero-order chi connectivity index (χ0) is 26.9. The highest BCUT2D eigenvalue weighted by atomic mass is 16.5. The molecule has 4 aromatic carbocycles. The second-order valence-electron chi connectivity index (χ2n) is 8.73. The van der Waals surface area contributed by atoms with E-state index in [9.17, 15) is 10.2 Å². The Morgan fingerprint density at radius 3 is 1.42 bits per heavy atom. The minimum absolute atomic E-state index is 0.163. The van der Waals surface area contributed by atoms with Gasteiger partial charge in [-0.1, -0.05) is 36.4 Å². The van der Waals surface area contributed by atoms with E-state index in [0.29, 0.717) is 24.0 Å². The molecule has 38 heavy (non-hydrogen) atoms. The summed E-state index contributed by atoms with van der Waals surface area (Å²) in [5.41, 5.74) is 5.08. The monoisotopic (exact) mass is 506 g/mol. The Morgan fingerprint density at radius 1 is 0.658 bits per heavy atom. The third-order valence-electron chi connectivity index (χ3n) is 6.03. The van der Waals surface area contributed by atoms with Gasteiger partial charge in [0.05, 0.1) is 25.6 Å². The number of allylic oxidation sites excluding steroid dienone is 1. The fourth-order valence-corrected chi connectivity index (χ4v) is 3.94. The first-order chi connectivity index (χ1) is 18.5. The van der Waals surface area contributed by atoms with Crippen LogP contribution in [0.4, 0.5) is 11.4 Å². The summed E-state index contributed by atoms with van der Waals surface area (Å²) in [5, 5.41) is 21.7. The van der Waals surface area contributed by atoms with Crippen molar-refractivity contribution in [1.29, 1.82) is 0 Å². The Hall–Kier alpha value is -4.84. The van der Waals surface area contributed by atoms with Gasteiger partial charge in [0.25, 0.3) is 0 Å². The number of phenolic OH excluding ortho intramolecular Hbond substituents is 2. The van der Waals surface area contributed by atoms with E-state index in [1.54, 1.807) is 26.6 Å². The van der Waals surface area contributed by atoms with Crippen LogP contribution in [0.2, 0.25) is 0 Å². The van der Waals surface area contributed by atoms with Gasteiger partial charge in [0.2, 0.25) is 0 Å². The van der Waals surface area contributed by atoms with Crippen molar-refractivity contribution in [1.82, 2.24) is 0 Å². The molecule has 6 heteroatoms. The smallest absolute Gasteiger partial charge is 0.127 e. The molecule has 2 N–H and O–H groups in total. The molecule has 0 saturated heterocycles. The van der Waals surface area contributed by atoms with E-state index in [4.69, 9.17) is 9.47 Å². The molecule has 6 nitrogen and oxygen atoms in total. The highest BCUT2D eigenvalue weighted by molar-refractivity contribution is 5.86. The van der Waals surface area contributed by atoms with Crippen molar-refractivity contribution in [2.75, 3.05) is 14.2 Å². The molecular formula is C32H30N2O4. The van der Waals surface area contributed by atoms with E-state index < -0.39 is 0 Å². The van der Waals surface area contributed by atoms with Crippen LogP contribution < -0.4 is 9.47 Å². The van der Waals surface area contributed by atoms with Crippen molar-refractivity contribution in [2.45, 2.75) is 12.8 Å². The number of rotatable bonds is 10. The molecule has 0 saturated carbocycles. The molecule has 0 bridgehead atoms. The maximum absolute atomic E-state index is 10.8. The first kappa shape index (κ1) is 26.2. The van der Waals surface area contributed by atoms with Gasteiger partial charge in [0.15, 0.2) is 0 Å². The van der Waals surface area contributed by atoms with Gasteiger partial charge in [-0.25, -0.2) is 0 Å². The van der Waals surface area contributed by atoms with Gasteiger partial charge in [0.1, 0.15) is 23.0 Å². The predicted octanol–water partition coefficient (Wildman–Crippen LogP) is 6.96. The molecular weight excluding hydrogens is 476 g/mol. The van der Waals surface area contributed by atoms with Gasteiger partial charge >= 0.3 is 0 Å². The summed E-state index contributed by atoms with van der Waals surface area (Å²) in [5.74, 6) is 1.84. The van der Waals surface area contributed by atoms with Crippen molar-refractivity contribution >= 4 is 23.8 Å². The highest BCUT2D eigenvalue weighted by Gasteiger charge is 2.11. The van der Waals surface area contributed by atoms with Crippen molar-refractivity contribution in [3.05, 3.63) is 119 Å². The van der Waals surface area contributed by atoms with Crippen molar-refractivity contribution in [3.63, 3.8) is 0 Å². The van der Waals surface area contributed by atoms with E-state index in [2.05, 4.69) is 16.6 Å². The average Bonchev–Trinajstić information content (AvgIpc) is 2.94. The number of ether oxygens (including phenoxy) is 2. The molecule has 0 amide bonds. The number of hydrogen-bond acceptors (Lipinski definition) is 6. The summed E-state index contributed by atoms with van der Waals surface area (Å²) in [6.45, 7) is 4.19. The number of nitrogens with zero attached hydrogens (tertiary/aromatic N) is 2. The predicted molar refractivity (Wildman–Crippen MR) is 153 cm³/mol. The van der Waals surface area contributed by atoms with Crippen LogP contribution in [0.1, 0.15) is 22.3 Å². The molecule has 192 valence electrons. The number of hydrogen-bond donors (Lipinski definition) is 2. The first-order valence-corrected chi connectivity index (χ1v) is 12.1. The van der Waals surface area contributed by atoms with Crippen molar-refractivity contribution < 1.29 is 19.7 Å². The lowest BCUT2D eigenvalue weighted by atomic mass is 9.96. The van der Waals surface area contributed by atoms with E-state index in [1.807, 2.05) is 84.9 Å². The second kappa shape index (κ2) is 12.4. The quantitative estimate of drug-likeness (QED) is 0.180. The molecule has 0 heterocycles. The molecule has 0 atom stereocenters. The SMILES string of the molecule is C=C(Cc1cccc(C=Nc2ccc(OC)cc2)c1O)Cc1cccc(C=Nc2ccc(OC)cc2)c1O. The number of phenols is 2. The average molecular weight is 507 g/mol. The lowest BCUT2D eigenvalue weighted by Crippen LogP contribution is -1.98. The molecule has 0 aliphatic carbocycles. The molecule has 0 unspecified atom stereocenters. The van der Waals surface area contributed by atoms with Gasteiger partial charge in [-0.3, -0.25) is 9.98 Å². The standard InChI is InChI=1S/C32H30N2O4/c1-22(18-23-6-4-8-25(31(23)35)20-33-27-10-14-29(37-2)15-11-27)19-24-7-5-9-26(32(24)36)21-34-28-12-16-30(38-3)17-13-28/h4-17,20-21,35-36H,1,18-19H2,2-3H3. The van der Waals surface area contributed by atoms with Crippen LogP contribution in [0.25, 0.3) is 0 Å². The zero-order valence-corrected chi connectivity index (χ0v) is 21.5. The minimum Gasteiger partial charge on any atom is -0.507 e. The number of aromatic hydroxyl groups is 2. The molecule has 0 fully saturated rings. The van der Waals surface area contributed by atoms with Crippen LogP contribution in [-0.2, 0) is 12.8 Å². The third-order valence-corrected chi connectivity index (χ3v) is 6.03. The Kier molecular flexibility index (Phi) is 8.57. The molecule has 0 spiro atoms. The summed E-state index contributed by atoms with van der Waals surface area (Å²) >= 11 is 0. The number of methoxy groups -OCH3 is 2. The van der Waals surface area contributed by atoms with Crippen LogP contribution in [-0.4, -0.2) is 36.9 Å². The number of benzene rings is 4.